The monoisotopic (exact) mass is 256 g/mol. The van der Waals surface area contributed by atoms with Gasteiger partial charge in [0.05, 0.1) is 11.1 Å². The second-order valence-corrected chi connectivity index (χ2v) is 5.89. The maximum Gasteiger partial charge on any atom is 0.0771 e. The van der Waals surface area contributed by atoms with Gasteiger partial charge in [0.15, 0.2) is 0 Å². The van der Waals surface area contributed by atoms with E-state index in [0.717, 1.165) is 6.54 Å². The summed E-state index contributed by atoms with van der Waals surface area (Å²) in [7, 11) is 1.83. The van der Waals surface area contributed by atoms with E-state index in [4.69, 9.17) is 22.7 Å². The minimum absolute atomic E-state index is 0.432. The third-order valence-electron chi connectivity index (χ3n) is 4.30. The second-order valence-electron chi connectivity index (χ2n) is 5.41. The zero-order valence-electron chi connectivity index (χ0n) is 10.7. The molecule has 2 aliphatic rings. The molecule has 0 aromatic carbocycles. The topological polar surface area (TPSA) is 38.5 Å². The van der Waals surface area contributed by atoms with Crippen molar-refractivity contribution in [3.8, 4) is 0 Å². The lowest BCUT2D eigenvalue weighted by Crippen LogP contribution is -2.48. The highest BCUT2D eigenvalue weighted by molar-refractivity contribution is 7.80. The normalized spacial score (nSPS) is 35.7. The molecule has 2 fully saturated rings. The van der Waals surface area contributed by atoms with Crippen molar-refractivity contribution < 1.29 is 4.74 Å². The fourth-order valence-electron chi connectivity index (χ4n) is 3.24. The minimum Gasteiger partial charge on any atom is -0.393 e. The lowest BCUT2D eigenvalue weighted by atomic mass is 9.88. The summed E-state index contributed by atoms with van der Waals surface area (Å²) in [5.74, 6) is 0.432. The van der Waals surface area contributed by atoms with Crippen molar-refractivity contribution >= 4 is 17.2 Å². The number of nitrogens with two attached hydrogens (primary N) is 1. The Morgan fingerprint density at radius 2 is 2.12 bits per heavy atom. The smallest absolute Gasteiger partial charge is 0.0771 e. The summed E-state index contributed by atoms with van der Waals surface area (Å²) in [4.78, 5) is 3.30. The number of hydrogen-bond acceptors (Lipinski definition) is 3. The molecule has 17 heavy (non-hydrogen) atoms. The first kappa shape index (κ1) is 13.2. The summed E-state index contributed by atoms with van der Waals surface area (Å²) in [6.07, 6.45) is 7.86. The molecular formula is C13H24N2OS. The number of nitrogens with zero attached hydrogens (tertiary/aromatic N) is 1. The highest BCUT2D eigenvalue weighted by atomic mass is 32.1. The first-order valence-corrected chi connectivity index (χ1v) is 7.17. The van der Waals surface area contributed by atoms with Crippen molar-refractivity contribution in [2.24, 2.45) is 11.7 Å². The molecule has 0 radical (unpaired) electrons. The van der Waals surface area contributed by atoms with Gasteiger partial charge in [0.25, 0.3) is 0 Å². The van der Waals surface area contributed by atoms with E-state index in [1.807, 2.05) is 7.11 Å². The van der Waals surface area contributed by atoms with E-state index in [9.17, 15) is 0 Å². The Morgan fingerprint density at radius 3 is 2.82 bits per heavy atom. The van der Waals surface area contributed by atoms with Crippen molar-refractivity contribution in [1.29, 1.82) is 0 Å². The molecule has 0 amide bonds. The molecule has 98 valence electrons. The third-order valence-corrected chi connectivity index (χ3v) is 4.64. The molecular weight excluding hydrogens is 232 g/mol. The van der Waals surface area contributed by atoms with Crippen LogP contribution < -0.4 is 5.73 Å². The van der Waals surface area contributed by atoms with Crippen LogP contribution in [0.5, 0.6) is 0 Å². The van der Waals surface area contributed by atoms with Crippen molar-refractivity contribution in [3.63, 3.8) is 0 Å². The van der Waals surface area contributed by atoms with Gasteiger partial charge < -0.3 is 10.5 Å². The van der Waals surface area contributed by atoms with Crippen LogP contribution in [0.4, 0.5) is 0 Å². The van der Waals surface area contributed by atoms with E-state index in [0.29, 0.717) is 23.1 Å². The molecule has 2 rings (SSSR count). The van der Waals surface area contributed by atoms with E-state index >= 15 is 0 Å². The molecule has 2 N–H and O–H groups in total. The van der Waals surface area contributed by atoms with Gasteiger partial charge in [-0.1, -0.05) is 12.2 Å². The van der Waals surface area contributed by atoms with Gasteiger partial charge in [-0.15, -0.1) is 0 Å². The minimum atomic E-state index is 0.432. The van der Waals surface area contributed by atoms with Crippen LogP contribution in [0.3, 0.4) is 0 Å². The molecule has 3 atom stereocenters. The standard InChI is InChI=1S/C13H24N2OS/c1-16-12-6-2-5-11(8-12)15-7-3-4-10(9-15)13(14)17/h10-12H,2-9H2,1H3,(H2,14,17). The summed E-state index contributed by atoms with van der Waals surface area (Å²) in [6, 6.07) is 0.686. The Hall–Kier alpha value is -0.190. The molecule has 0 aromatic rings. The van der Waals surface area contributed by atoms with Crippen LogP contribution >= 0.6 is 12.2 Å². The number of thiocarbonyl (C=S) groups is 1. The fourth-order valence-corrected chi connectivity index (χ4v) is 3.43. The first-order chi connectivity index (χ1) is 8.20. The van der Waals surface area contributed by atoms with E-state index in [1.165, 1.54) is 45.1 Å². The summed E-state index contributed by atoms with van der Waals surface area (Å²) >= 11 is 5.14. The van der Waals surface area contributed by atoms with Crippen LogP contribution in [0.1, 0.15) is 38.5 Å². The van der Waals surface area contributed by atoms with Gasteiger partial charge >= 0.3 is 0 Å². The molecule has 1 heterocycles. The Kier molecular flexibility index (Phi) is 4.77. The number of methoxy groups -OCH3 is 1. The van der Waals surface area contributed by atoms with Gasteiger partial charge in [-0.3, -0.25) is 4.90 Å². The van der Waals surface area contributed by atoms with Crippen LogP contribution in [-0.2, 0) is 4.74 Å². The Labute approximate surface area is 110 Å². The maximum absolute atomic E-state index is 5.79. The molecule has 0 spiro atoms. The quantitative estimate of drug-likeness (QED) is 0.783. The molecule has 0 aromatic heterocycles. The van der Waals surface area contributed by atoms with Crippen LogP contribution in [0.25, 0.3) is 0 Å². The number of ether oxygens (including phenoxy) is 1. The lowest BCUT2D eigenvalue weighted by Gasteiger charge is -2.41. The Morgan fingerprint density at radius 1 is 1.29 bits per heavy atom. The van der Waals surface area contributed by atoms with Crippen molar-refractivity contribution in [2.75, 3.05) is 20.2 Å². The molecule has 1 saturated heterocycles. The van der Waals surface area contributed by atoms with Crippen molar-refractivity contribution in [1.82, 2.24) is 4.90 Å². The SMILES string of the molecule is COC1CCCC(N2CCCC(C(N)=S)C2)C1. The first-order valence-electron chi connectivity index (χ1n) is 6.77. The average molecular weight is 256 g/mol. The van der Waals surface area contributed by atoms with Gasteiger partial charge in [0.2, 0.25) is 0 Å². The highest BCUT2D eigenvalue weighted by Crippen LogP contribution is 2.28. The van der Waals surface area contributed by atoms with Crippen LogP contribution in [-0.4, -0.2) is 42.2 Å². The molecule has 3 unspecified atom stereocenters. The summed E-state index contributed by atoms with van der Waals surface area (Å²) in [5.41, 5.74) is 5.79. The highest BCUT2D eigenvalue weighted by Gasteiger charge is 2.30. The van der Waals surface area contributed by atoms with E-state index in [2.05, 4.69) is 4.90 Å². The second kappa shape index (κ2) is 6.12. The molecule has 3 nitrogen and oxygen atoms in total. The van der Waals surface area contributed by atoms with Gasteiger partial charge in [-0.2, -0.15) is 0 Å². The Bertz CT molecular complexity index is 272. The number of piperidine rings is 1. The van der Waals surface area contributed by atoms with Crippen LogP contribution in [0, 0.1) is 5.92 Å². The number of hydrogen-bond donors (Lipinski definition) is 1. The average Bonchev–Trinajstić information content (AvgIpc) is 2.39. The molecule has 0 bridgehead atoms. The van der Waals surface area contributed by atoms with Gasteiger partial charge in [-0.25, -0.2) is 0 Å². The maximum atomic E-state index is 5.79. The lowest BCUT2D eigenvalue weighted by molar-refractivity contribution is 0.0194. The van der Waals surface area contributed by atoms with E-state index in [-0.39, 0.29) is 0 Å². The Balaban J connectivity index is 1.90. The largest absolute Gasteiger partial charge is 0.393 e. The predicted molar refractivity (Wildman–Crippen MR) is 74.1 cm³/mol. The van der Waals surface area contributed by atoms with Gasteiger partial charge in [-0.05, 0) is 45.1 Å². The number of rotatable bonds is 3. The van der Waals surface area contributed by atoms with Crippen molar-refractivity contribution in [2.45, 2.75) is 50.7 Å². The van der Waals surface area contributed by atoms with Crippen molar-refractivity contribution in [3.05, 3.63) is 0 Å². The molecule has 1 aliphatic carbocycles. The zero-order valence-corrected chi connectivity index (χ0v) is 11.5. The van der Waals surface area contributed by atoms with Crippen LogP contribution in [0.2, 0.25) is 0 Å². The zero-order chi connectivity index (χ0) is 12.3. The molecule has 1 saturated carbocycles. The summed E-state index contributed by atoms with van der Waals surface area (Å²) < 4.78 is 5.51. The molecule has 1 aliphatic heterocycles. The fraction of sp³-hybridized carbons (Fsp3) is 0.923. The predicted octanol–water partition coefficient (Wildman–Crippen LogP) is 1.94. The van der Waals surface area contributed by atoms with Gasteiger partial charge in [0, 0.05) is 25.6 Å². The van der Waals surface area contributed by atoms with Crippen LogP contribution in [0.15, 0.2) is 0 Å². The molecule has 4 heteroatoms. The van der Waals surface area contributed by atoms with Gasteiger partial charge in [0.1, 0.15) is 0 Å². The summed E-state index contributed by atoms with van der Waals surface area (Å²) in [6.45, 7) is 2.27. The summed E-state index contributed by atoms with van der Waals surface area (Å²) in [5, 5.41) is 0. The number of likely N-dealkylation sites (tertiary alicyclic amines) is 1. The third kappa shape index (κ3) is 3.39. The van der Waals surface area contributed by atoms with E-state index in [1.54, 1.807) is 0 Å². The van der Waals surface area contributed by atoms with E-state index < -0.39 is 0 Å².